The van der Waals surface area contributed by atoms with Gasteiger partial charge in [0.05, 0.1) is 24.2 Å². The molecule has 0 aromatic heterocycles. The molecule has 0 unspecified atom stereocenters. The molecule has 108 valence electrons. The molecule has 1 aromatic rings. The molecule has 0 atom stereocenters. The number of anilines is 1. The minimum absolute atomic E-state index is 0.0472. The van der Waals surface area contributed by atoms with Gasteiger partial charge in [0.15, 0.2) is 0 Å². The Labute approximate surface area is 114 Å². The number of benzene rings is 1. The summed E-state index contributed by atoms with van der Waals surface area (Å²) in [4.78, 5) is 32.9. The summed E-state index contributed by atoms with van der Waals surface area (Å²) in [6.07, 6.45) is 0. The van der Waals surface area contributed by atoms with Crippen molar-refractivity contribution >= 4 is 23.3 Å². The van der Waals surface area contributed by atoms with Crippen LogP contribution in [-0.2, 0) is 14.3 Å². The highest BCUT2D eigenvalue weighted by atomic mass is 16.6. The molecule has 0 saturated heterocycles. The summed E-state index contributed by atoms with van der Waals surface area (Å²) in [7, 11) is 1.20. The van der Waals surface area contributed by atoms with Crippen LogP contribution in [0.4, 0.5) is 11.4 Å². The first-order chi connectivity index (χ1) is 9.49. The van der Waals surface area contributed by atoms with Crippen LogP contribution in [0.15, 0.2) is 18.2 Å². The van der Waals surface area contributed by atoms with Crippen LogP contribution in [-0.4, -0.2) is 37.1 Å². The van der Waals surface area contributed by atoms with E-state index in [9.17, 15) is 19.7 Å². The lowest BCUT2D eigenvalue weighted by atomic mass is 10.1. The van der Waals surface area contributed by atoms with Gasteiger partial charge in [0.25, 0.3) is 5.69 Å². The van der Waals surface area contributed by atoms with Crippen molar-refractivity contribution in [1.82, 2.24) is 0 Å². The van der Waals surface area contributed by atoms with Gasteiger partial charge in [0.1, 0.15) is 12.2 Å². The number of hydrogen-bond acceptors (Lipinski definition) is 7. The highest BCUT2D eigenvalue weighted by molar-refractivity contribution is 5.91. The molecule has 0 aliphatic heterocycles. The van der Waals surface area contributed by atoms with E-state index in [4.69, 9.17) is 4.74 Å². The van der Waals surface area contributed by atoms with Crippen LogP contribution < -0.4 is 5.32 Å². The molecule has 0 bridgehead atoms. The van der Waals surface area contributed by atoms with Crippen LogP contribution in [0.25, 0.3) is 0 Å². The van der Waals surface area contributed by atoms with Crippen molar-refractivity contribution in [3.8, 4) is 0 Å². The smallest absolute Gasteiger partial charge is 0.337 e. The fourth-order valence-electron chi connectivity index (χ4n) is 1.46. The van der Waals surface area contributed by atoms with Crippen molar-refractivity contribution in [3.05, 3.63) is 33.9 Å². The second kappa shape index (κ2) is 7.07. The highest BCUT2D eigenvalue weighted by Crippen LogP contribution is 2.25. The van der Waals surface area contributed by atoms with Crippen molar-refractivity contribution in [3.63, 3.8) is 0 Å². The van der Waals surface area contributed by atoms with Crippen molar-refractivity contribution < 1.29 is 24.0 Å². The Kier molecular flexibility index (Phi) is 5.45. The van der Waals surface area contributed by atoms with E-state index in [0.29, 0.717) is 0 Å². The van der Waals surface area contributed by atoms with Gasteiger partial charge >= 0.3 is 11.9 Å². The van der Waals surface area contributed by atoms with Gasteiger partial charge in [-0.1, -0.05) is 0 Å². The van der Waals surface area contributed by atoms with Gasteiger partial charge in [-0.25, -0.2) is 4.79 Å². The number of rotatable bonds is 6. The quantitative estimate of drug-likeness (QED) is 0.476. The number of ether oxygens (including phenoxy) is 2. The number of carbonyl (C=O) groups excluding carboxylic acids is 2. The molecule has 8 nitrogen and oxygen atoms in total. The van der Waals surface area contributed by atoms with Crippen LogP contribution >= 0.6 is 0 Å². The van der Waals surface area contributed by atoms with Crippen molar-refractivity contribution in [1.29, 1.82) is 0 Å². The van der Waals surface area contributed by atoms with Crippen LogP contribution in [0.3, 0.4) is 0 Å². The van der Waals surface area contributed by atoms with Crippen molar-refractivity contribution in [2.75, 3.05) is 25.6 Å². The Bertz CT molecular complexity index is 529. The third kappa shape index (κ3) is 3.94. The van der Waals surface area contributed by atoms with Gasteiger partial charge in [-0.3, -0.25) is 14.9 Å². The maximum atomic E-state index is 11.4. The molecule has 0 fully saturated rings. The Morgan fingerprint density at radius 1 is 1.40 bits per heavy atom. The number of nitrogens with one attached hydrogen (secondary N) is 1. The number of carbonyl (C=O) groups is 2. The van der Waals surface area contributed by atoms with E-state index in [0.717, 1.165) is 0 Å². The molecular formula is C12H14N2O6. The molecule has 1 aromatic carbocycles. The third-order valence-corrected chi connectivity index (χ3v) is 2.34. The maximum Gasteiger partial charge on any atom is 0.337 e. The van der Waals surface area contributed by atoms with Gasteiger partial charge in [-0.05, 0) is 19.1 Å². The summed E-state index contributed by atoms with van der Waals surface area (Å²) in [5, 5.41) is 13.5. The van der Waals surface area contributed by atoms with E-state index in [1.165, 1.54) is 25.3 Å². The predicted octanol–water partition coefficient (Wildman–Crippen LogP) is 1.36. The summed E-state index contributed by atoms with van der Waals surface area (Å²) in [5.41, 5.74) is -0.0580. The third-order valence-electron chi connectivity index (χ3n) is 2.34. The fourth-order valence-corrected chi connectivity index (χ4v) is 1.46. The number of nitrogens with zero attached hydrogens (tertiary/aromatic N) is 1. The zero-order valence-corrected chi connectivity index (χ0v) is 11.0. The van der Waals surface area contributed by atoms with Crippen LogP contribution in [0.2, 0.25) is 0 Å². The SMILES string of the molecule is CCOC(=O)CNc1cc(C(=O)OC)ccc1[N+](=O)[O-]. The summed E-state index contributed by atoms with van der Waals surface area (Å²) in [5.74, 6) is -1.18. The van der Waals surface area contributed by atoms with E-state index < -0.39 is 16.9 Å². The molecule has 8 heteroatoms. The molecule has 0 heterocycles. The first-order valence-electron chi connectivity index (χ1n) is 5.75. The van der Waals surface area contributed by atoms with Gasteiger partial charge in [-0.15, -0.1) is 0 Å². The van der Waals surface area contributed by atoms with Crippen LogP contribution in [0, 0.1) is 10.1 Å². The van der Waals surface area contributed by atoms with E-state index in [1.807, 2.05) is 0 Å². The van der Waals surface area contributed by atoms with Gasteiger partial charge in [-0.2, -0.15) is 0 Å². The molecule has 0 aliphatic carbocycles. The monoisotopic (exact) mass is 282 g/mol. The van der Waals surface area contributed by atoms with Gasteiger partial charge in [0.2, 0.25) is 0 Å². The number of nitro groups is 1. The lowest BCUT2D eigenvalue weighted by Gasteiger charge is -2.08. The van der Waals surface area contributed by atoms with Gasteiger partial charge < -0.3 is 14.8 Å². The van der Waals surface area contributed by atoms with Gasteiger partial charge in [0, 0.05) is 6.07 Å². The normalized spacial score (nSPS) is 9.70. The Morgan fingerprint density at radius 2 is 2.10 bits per heavy atom. The highest BCUT2D eigenvalue weighted by Gasteiger charge is 2.17. The lowest BCUT2D eigenvalue weighted by Crippen LogP contribution is -2.17. The average Bonchev–Trinajstić information content (AvgIpc) is 2.44. The largest absolute Gasteiger partial charge is 0.465 e. The van der Waals surface area contributed by atoms with Crippen molar-refractivity contribution in [2.24, 2.45) is 0 Å². The molecule has 1 rings (SSSR count). The molecule has 20 heavy (non-hydrogen) atoms. The van der Waals surface area contributed by atoms with E-state index in [2.05, 4.69) is 10.1 Å². The molecule has 0 radical (unpaired) electrons. The number of hydrogen-bond donors (Lipinski definition) is 1. The minimum Gasteiger partial charge on any atom is -0.465 e. The first-order valence-corrected chi connectivity index (χ1v) is 5.75. The Morgan fingerprint density at radius 3 is 2.65 bits per heavy atom. The molecular weight excluding hydrogens is 268 g/mol. The number of esters is 2. The van der Waals surface area contributed by atoms with Crippen LogP contribution in [0.1, 0.15) is 17.3 Å². The fraction of sp³-hybridized carbons (Fsp3) is 0.333. The molecule has 0 aliphatic rings. The predicted molar refractivity (Wildman–Crippen MR) is 69.6 cm³/mol. The standard InChI is InChI=1S/C12H14N2O6/c1-3-20-11(15)7-13-9-6-8(12(16)19-2)4-5-10(9)14(17)18/h4-6,13H,3,7H2,1-2H3. The van der Waals surface area contributed by atoms with E-state index in [-0.39, 0.29) is 30.1 Å². The summed E-state index contributed by atoms with van der Waals surface area (Å²) in [6.45, 7) is 1.63. The average molecular weight is 282 g/mol. The molecule has 0 saturated carbocycles. The Balaban J connectivity index is 2.97. The molecule has 0 spiro atoms. The second-order valence-corrected chi connectivity index (χ2v) is 3.64. The number of methoxy groups -OCH3 is 1. The molecule has 1 N–H and O–H groups in total. The zero-order chi connectivity index (χ0) is 15.1. The van der Waals surface area contributed by atoms with E-state index >= 15 is 0 Å². The van der Waals surface area contributed by atoms with Crippen molar-refractivity contribution in [2.45, 2.75) is 6.92 Å². The Hall–Kier alpha value is -2.64. The summed E-state index contributed by atoms with van der Waals surface area (Å²) in [6, 6.07) is 3.70. The topological polar surface area (TPSA) is 108 Å². The van der Waals surface area contributed by atoms with E-state index in [1.54, 1.807) is 6.92 Å². The minimum atomic E-state index is -0.626. The maximum absolute atomic E-state index is 11.4. The zero-order valence-electron chi connectivity index (χ0n) is 11.0. The second-order valence-electron chi connectivity index (χ2n) is 3.64. The number of nitro benzene ring substituents is 1. The summed E-state index contributed by atoms with van der Waals surface area (Å²) >= 11 is 0. The first kappa shape index (κ1) is 15.4. The summed E-state index contributed by atoms with van der Waals surface area (Å²) < 4.78 is 9.23. The molecule has 0 amide bonds. The lowest BCUT2D eigenvalue weighted by molar-refractivity contribution is -0.384. The van der Waals surface area contributed by atoms with Crippen LogP contribution in [0.5, 0.6) is 0 Å².